The van der Waals surface area contributed by atoms with E-state index >= 15 is 0 Å². The van der Waals surface area contributed by atoms with E-state index < -0.39 is 5.92 Å². The summed E-state index contributed by atoms with van der Waals surface area (Å²) in [6.07, 6.45) is 13.9. The molecule has 0 bridgehead atoms. The maximum absolute atomic E-state index is 12.0. The molecule has 0 aromatic rings. The van der Waals surface area contributed by atoms with Crippen LogP contribution in [0.5, 0.6) is 0 Å². The van der Waals surface area contributed by atoms with Crippen LogP contribution in [0.25, 0.3) is 0 Å². The Morgan fingerprint density at radius 3 is 2.72 bits per heavy atom. The lowest BCUT2D eigenvalue weighted by molar-refractivity contribution is -0.176. The van der Waals surface area contributed by atoms with E-state index in [-0.39, 0.29) is 11.6 Å². The summed E-state index contributed by atoms with van der Waals surface area (Å²) in [6.45, 7) is 3.86. The quantitative estimate of drug-likeness (QED) is 0.552. The van der Waals surface area contributed by atoms with Crippen LogP contribution in [0.4, 0.5) is 0 Å². The van der Waals surface area contributed by atoms with E-state index in [1.165, 1.54) is 38.5 Å². The van der Waals surface area contributed by atoms with Crippen molar-refractivity contribution < 1.29 is 9.53 Å². The molecule has 2 saturated carbocycles. The zero-order valence-corrected chi connectivity index (χ0v) is 11.6. The number of fused-ring (bicyclic) bond motifs is 1. The van der Waals surface area contributed by atoms with E-state index in [9.17, 15) is 4.79 Å². The first kappa shape index (κ1) is 13.5. The first-order valence-corrected chi connectivity index (χ1v) is 7.26. The molecule has 2 aliphatic rings. The van der Waals surface area contributed by atoms with Crippen molar-refractivity contribution in [2.24, 2.45) is 17.8 Å². The Hall–Kier alpha value is -0.970. The smallest absolute Gasteiger partial charge is 0.321 e. The summed E-state index contributed by atoms with van der Waals surface area (Å²) < 4.78 is 5.82. The second-order valence-corrected chi connectivity index (χ2v) is 6.17. The summed E-state index contributed by atoms with van der Waals surface area (Å²) in [5.41, 5.74) is -0.272. The molecule has 18 heavy (non-hydrogen) atoms. The molecule has 0 radical (unpaired) electrons. The standard InChI is InChI=1S/C16H24O2/c1-4-12(2)15(17)18-16(3)11-7-9-13-8-5-6-10-14(13)16/h1,12-14H,5-11H2,2-3H3. The first-order chi connectivity index (χ1) is 8.57. The highest BCUT2D eigenvalue weighted by Gasteiger charge is 2.46. The number of carbonyl (C=O) groups excluding carboxylic acids is 1. The number of ether oxygens (including phenoxy) is 1. The molecule has 2 nitrogen and oxygen atoms in total. The Morgan fingerprint density at radius 2 is 2.00 bits per heavy atom. The van der Waals surface area contributed by atoms with Gasteiger partial charge in [-0.25, -0.2) is 0 Å². The number of carbonyl (C=O) groups is 1. The average molecular weight is 248 g/mol. The Kier molecular flexibility index (Phi) is 4.00. The van der Waals surface area contributed by atoms with Crippen molar-refractivity contribution >= 4 is 5.97 Å². The molecule has 2 rings (SSSR count). The van der Waals surface area contributed by atoms with Crippen molar-refractivity contribution in [3.63, 3.8) is 0 Å². The van der Waals surface area contributed by atoms with Gasteiger partial charge in [0.05, 0.1) is 0 Å². The summed E-state index contributed by atoms with van der Waals surface area (Å²) in [5.74, 6) is 3.13. The molecule has 100 valence electrons. The van der Waals surface area contributed by atoms with Crippen LogP contribution in [-0.4, -0.2) is 11.6 Å². The van der Waals surface area contributed by atoms with Crippen LogP contribution in [-0.2, 0) is 9.53 Å². The summed E-state index contributed by atoms with van der Waals surface area (Å²) in [5, 5.41) is 0. The highest BCUT2D eigenvalue weighted by molar-refractivity contribution is 5.75. The van der Waals surface area contributed by atoms with Crippen molar-refractivity contribution in [3.8, 4) is 12.3 Å². The van der Waals surface area contributed by atoms with Gasteiger partial charge in [0.25, 0.3) is 0 Å². The highest BCUT2D eigenvalue weighted by Crippen LogP contribution is 2.47. The van der Waals surface area contributed by atoms with Gasteiger partial charge in [0.1, 0.15) is 11.5 Å². The monoisotopic (exact) mass is 248 g/mol. The number of terminal acetylenes is 1. The van der Waals surface area contributed by atoms with Gasteiger partial charge in [0.15, 0.2) is 0 Å². The van der Waals surface area contributed by atoms with E-state index in [2.05, 4.69) is 12.8 Å². The van der Waals surface area contributed by atoms with Gasteiger partial charge in [-0.3, -0.25) is 4.79 Å². The van der Waals surface area contributed by atoms with E-state index in [0.717, 1.165) is 12.3 Å². The van der Waals surface area contributed by atoms with E-state index in [1.807, 2.05) is 0 Å². The molecule has 0 heterocycles. The van der Waals surface area contributed by atoms with Crippen molar-refractivity contribution in [1.82, 2.24) is 0 Å². The fraction of sp³-hybridized carbons (Fsp3) is 0.812. The Balaban J connectivity index is 2.08. The molecule has 2 fully saturated rings. The molecule has 2 aliphatic carbocycles. The summed E-state index contributed by atoms with van der Waals surface area (Å²) in [4.78, 5) is 12.0. The predicted octanol–water partition coefficient (Wildman–Crippen LogP) is 3.55. The zero-order valence-electron chi connectivity index (χ0n) is 11.6. The minimum absolute atomic E-state index is 0.216. The Bertz CT molecular complexity index is 353. The number of esters is 1. The fourth-order valence-electron chi connectivity index (χ4n) is 3.77. The van der Waals surface area contributed by atoms with Gasteiger partial charge in [-0.15, -0.1) is 6.42 Å². The van der Waals surface area contributed by atoms with Crippen LogP contribution in [0.1, 0.15) is 58.8 Å². The SMILES string of the molecule is C#CC(C)C(=O)OC1(C)CCCC2CCCCC21. The van der Waals surface area contributed by atoms with E-state index in [1.54, 1.807) is 6.92 Å². The van der Waals surface area contributed by atoms with Crippen LogP contribution in [0.3, 0.4) is 0 Å². The Morgan fingerprint density at radius 1 is 1.33 bits per heavy atom. The summed E-state index contributed by atoms with van der Waals surface area (Å²) >= 11 is 0. The molecular weight excluding hydrogens is 224 g/mol. The molecule has 0 N–H and O–H groups in total. The maximum atomic E-state index is 12.0. The second-order valence-electron chi connectivity index (χ2n) is 6.17. The largest absolute Gasteiger partial charge is 0.458 e. The van der Waals surface area contributed by atoms with E-state index in [0.29, 0.717) is 5.92 Å². The van der Waals surface area contributed by atoms with Gasteiger partial charge in [-0.05, 0) is 45.4 Å². The molecule has 0 aromatic carbocycles. The van der Waals surface area contributed by atoms with Crippen molar-refractivity contribution in [2.45, 2.75) is 64.4 Å². The zero-order chi connectivity index (χ0) is 13.2. The predicted molar refractivity (Wildman–Crippen MR) is 71.8 cm³/mol. The normalized spacial score (nSPS) is 37.2. The lowest BCUT2D eigenvalue weighted by Crippen LogP contribution is -2.48. The molecular formula is C16H24O2. The van der Waals surface area contributed by atoms with Crippen molar-refractivity contribution in [1.29, 1.82) is 0 Å². The summed E-state index contributed by atoms with van der Waals surface area (Å²) in [7, 11) is 0. The fourth-order valence-corrected chi connectivity index (χ4v) is 3.77. The van der Waals surface area contributed by atoms with Crippen LogP contribution in [0.15, 0.2) is 0 Å². The molecule has 0 saturated heterocycles. The highest BCUT2D eigenvalue weighted by atomic mass is 16.6. The van der Waals surface area contributed by atoms with Crippen LogP contribution >= 0.6 is 0 Å². The van der Waals surface area contributed by atoms with Crippen molar-refractivity contribution in [2.75, 3.05) is 0 Å². The lowest BCUT2D eigenvalue weighted by Gasteiger charge is -2.47. The van der Waals surface area contributed by atoms with Crippen LogP contribution in [0, 0.1) is 30.1 Å². The van der Waals surface area contributed by atoms with Gasteiger partial charge in [0.2, 0.25) is 0 Å². The molecule has 0 aliphatic heterocycles. The number of hydrogen-bond donors (Lipinski definition) is 0. The van der Waals surface area contributed by atoms with Gasteiger partial charge in [-0.2, -0.15) is 0 Å². The van der Waals surface area contributed by atoms with Gasteiger partial charge in [-0.1, -0.05) is 25.2 Å². The molecule has 4 atom stereocenters. The third kappa shape index (κ3) is 2.55. The second kappa shape index (κ2) is 5.34. The maximum Gasteiger partial charge on any atom is 0.321 e. The molecule has 0 amide bonds. The lowest BCUT2D eigenvalue weighted by atomic mass is 9.63. The molecule has 0 spiro atoms. The Labute approximate surface area is 110 Å². The number of hydrogen-bond acceptors (Lipinski definition) is 2. The topological polar surface area (TPSA) is 26.3 Å². The minimum atomic E-state index is -0.425. The summed E-state index contributed by atoms with van der Waals surface area (Å²) in [6, 6.07) is 0. The molecule has 0 aromatic heterocycles. The minimum Gasteiger partial charge on any atom is -0.458 e. The van der Waals surface area contributed by atoms with Gasteiger partial charge in [0, 0.05) is 5.92 Å². The van der Waals surface area contributed by atoms with Crippen LogP contribution in [0.2, 0.25) is 0 Å². The molecule has 2 heteroatoms. The third-order valence-electron chi connectivity index (χ3n) is 4.88. The van der Waals surface area contributed by atoms with Crippen LogP contribution < -0.4 is 0 Å². The van der Waals surface area contributed by atoms with Crippen molar-refractivity contribution in [3.05, 3.63) is 0 Å². The first-order valence-electron chi connectivity index (χ1n) is 7.26. The molecule has 4 unspecified atom stereocenters. The average Bonchev–Trinajstić information content (AvgIpc) is 2.38. The third-order valence-corrected chi connectivity index (χ3v) is 4.88. The van der Waals surface area contributed by atoms with E-state index in [4.69, 9.17) is 11.2 Å². The van der Waals surface area contributed by atoms with Gasteiger partial charge >= 0.3 is 5.97 Å². The number of rotatable bonds is 2. The van der Waals surface area contributed by atoms with Gasteiger partial charge < -0.3 is 4.74 Å².